The van der Waals surface area contributed by atoms with Gasteiger partial charge in [-0.05, 0) is 56.4 Å². The van der Waals surface area contributed by atoms with Gasteiger partial charge >= 0.3 is 0 Å². The summed E-state index contributed by atoms with van der Waals surface area (Å²) in [7, 11) is 2.13. The number of hydrogen-bond donors (Lipinski definition) is 1. The molecular formula is C21H21ClN6O. The van der Waals surface area contributed by atoms with E-state index >= 15 is 0 Å². The largest absolute Gasteiger partial charge is 0.475 e. The number of likely N-dealkylation sites (tertiary alicyclic amines) is 1. The first kappa shape index (κ1) is 19.4. The average Bonchev–Trinajstić information content (AvgIpc) is 2.73. The van der Waals surface area contributed by atoms with Gasteiger partial charge in [-0.3, -0.25) is 0 Å². The van der Waals surface area contributed by atoms with Crippen molar-refractivity contribution >= 4 is 34.0 Å². The maximum absolute atomic E-state index is 9.33. The van der Waals surface area contributed by atoms with E-state index in [4.69, 9.17) is 16.3 Å². The van der Waals surface area contributed by atoms with Crippen LogP contribution in [0.5, 0.6) is 5.88 Å². The van der Waals surface area contributed by atoms with E-state index < -0.39 is 0 Å². The van der Waals surface area contributed by atoms with Gasteiger partial charge in [0.25, 0.3) is 5.88 Å². The predicted octanol–water partition coefficient (Wildman–Crippen LogP) is 4.01. The molecule has 0 radical (unpaired) electrons. The van der Waals surface area contributed by atoms with Crippen LogP contribution in [0.3, 0.4) is 0 Å². The van der Waals surface area contributed by atoms with Crippen LogP contribution in [-0.2, 0) is 0 Å². The fourth-order valence-corrected chi connectivity index (χ4v) is 3.60. The first-order chi connectivity index (χ1) is 14.1. The molecule has 0 amide bonds. The van der Waals surface area contributed by atoms with E-state index in [0.717, 1.165) is 36.7 Å². The molecule has 1 saturated heterocycles. The number of halogens is 1. The van der Waals surface area contributed by atoms with E-state index in [2.05, 4.69) is 32.2 Å². The Morgan fingerprint density at radius 2 is 2.07 bits per heavy atom. The van der Waals surface area contributed by atoms with Crippen molar-refractivity contribution in [2.75, 3.05) is 32.1 Å². The second kappa shape index (κ2) is 8.60. The zero-order valence-corrected chi connectivity index (χ0v) is 16.9. The topological polar surface area (TPSA) is 87.0 Å². The second-order valence-electron chi connectivity index (χ2n) is 7.23. The Balaban J connectivity index is 1.49. The van der Waals surface area contributed by atoms with Gasteiger partial charge in [0.15, 0.2) is 5.82 Å². The highest BCUT2D eigenvalue weighted by molar-refractivity contribution is 6.35. The van der Waals surface area contributed by atoms with E-state index in [9.17, 15) is 5.26 Å². The van der Waals surface area contributed by atoms with Crippen LogP contribution in [0.4, 0.5) is 11.6 Å². The van der Waals surface area contributed by atoms with Crippen LogP contribution in [0.1, 0.15) is 18.5 Å². The van der Waals surface area contributed by atoms with Gasteiger partial charge in [0.05, 0.1) is 12.8 Å². The smallest absolute Gasteiger partial charge is 0.253 e. The second-order valence-corrected chi connectivity index (χ2v) is 7.64. The Morgan fingerprint density at radius 3 is 2.86 bits per heavy atom. The molecule has 7 nitrogen and oxygen atoms in total. The van der Waals surface area contributed by atoms with E-state index in [1.165, 1.54) is 6.20 Å². The highest BCUT2D eigenvalue weighted by Gasteiger charge is 2.19. The normalized spacial score (nSPS) is 15.2. The third kappa shape index (κ3) is 4.56. The molecule has 1 N–H and O–H groups in total. The number of aromatic nitrogens is 3. The lowest BCUT2D eigenvalue weighted by molar-refractivity contribution is 0.156. The molecule has 0 saturated carbocycles. The Kier molecular flexibility index (Phi) is 5.74. The Bertz CT molecular complexity index is 1060. The molecule has 0 atom stereocenters. The number of nitrogens with one attached hydrogen (secondary N) is 1. The van der Waals surface area contributed by atoms with Gasteiger partial charge in [0, 0.05) is 16.6 Å². The summed E-state index contributed by atoms with van der Waals surface area (Å²) >= 11 is 6.20. The number of benzene rings is 1. The van der Waals surface area contributed by atoms with Crippen LogP contribution in [-0.4, -0.2) is 46.6 Å². The molecule has 3 heterocycles. The minimum atomic E-state index is 0.182. The van der Waals surface area contributed by atoms with E-state index in [0.29, 0.717) is 29.2 Å². The van der Waals surface area contributed by atoms with Gasteiger partial charge < -0.3 is 15.0 Å². The molecule has 3 aromatic rings. The highest BCUT2D eigenvalue weighted by atomic mass is 35.5. The molecule has 1 fully saturated rings. The van der Waals surface area contributed by atoms with E-state index in [1.54, 1.807) is 6.20 Å². The zero-order chi connectivity index (χ0) is 20.2. The SMILES string of the molecule is CN1CCC(COc2nc(Nc3cc4cccc(Cl)c4cn3)cnc2C#N)CC1. The summed E-state index contributed by atoms with van der Waals surface area (Å²) in [5.41, 5.74) is 0.182. The quantitative estimate of drug-likeness (QED) is 0.682. The van der Waals surface area contributed by atoms with Crippen molar-refractivity contribution in [3.63, 3.8) is 0 Å². The predicted molar refractivity (Wildman–Crippen MR) is 112 cm³/mol. The third-order valence-corrected chi connectivity index (χ3v) is 5.44. The molecule has 0 bridgehead atoms. The van der Waals surface area contributed by atoms with Gasteiger partial charge in [-0.2, -0.15) is 10.2 Å². The van der Waals surface area contributed by atoms with Crippen LogP contribution < -0.4 is 10.1 Å². The van der Waals surface area contributed by atoms with Crippen molar-refractivity contribution in [1.82, 2.24) is 19.9 Å². The molecule has 0 aliphatic carbocycles. The number of rotatable bonds is 5. The molecular weight excluding hydrogens is 388 g/mol. The van der Waals surface area contributed by atoms with Crippen LogP contribution in [0.2, 0.25) is 5.02 Å². The molecule has 8 heteroatoms. The highest BCUT2D eigenvalue weighted by Crippen LogP contribution is 2.26. The number of nitrogens with zero attached hydrogens (tertiary/aromatic N) is 5. The summed E-state index contributed by atoms with van der Waals surface area (Å²) in [5, 5.41) is 15.0. The number of pyridine rings is 1. The van der Waals surface area contributed by atoms with Crippen LogP contribution >= 0.6 is 11.6 Å². The average molecular weight is 409 g/mol. The number of hydrogen-bond acceptors (Lipinski definition) is 7. The number of ether oxygens (including phenoxy) is 1. The third-order valence-electron chi connectivity index (χ3n) is 5.11. The molecule has 0 spiro atoms. The van der Waals surface area contributed by atoms with Gasteiger partial charge in [0.2, 0.25) is 5.69 Å². The lowest BCUT2D eigenvalue weighted by Crippen LogP contribution is -2.32. The number of piperidine rings is 1. The molecule has 1 aliphatic heterocycles. The van der Waals surface area contributed by atoms with Gasteiger partial charge in [-0.15, -0.1) is 0 Å². The van der Waals surface area contributed by atoms with Crippen molar-refractivity contribution in [3.05, 3.63) is 47.4 Å². The molecule has 0 unspecified atom stereocenters. The molecule has 2 aromatic heterocycles. The lowest BCUT2D eigenvalue weighted by atomic mass is 9.98. The van der Waals surface area contributed by atoms with E-state index in [1.807, 2.05) is 30.3 Å². The fraction of sp³-hybridized carbons (Fsp3) is 0.333. The van der Waals surface area contributed by atoms with Crippen molar-refractivity contribution in [1.29, 1.82) is 5.26 Å². The summed E-state index contributed by atoms with van der Waals surface area (Å²) in [4.78, 5) is 15.3. The van der Waals surface area contributed by atoms with Crippen LogP contribution in [0.25, 0.3) is 10.8 Å². The summed E-state index contributed by atoms with van der Waals surface area (Å²) in [5.74, 6) is 1.79. The minimum absolute atomic E-state index is 0.182. The number of fused-ring (bicyclic) bond motifs is 1. The number of nitriles is 1. The van der Waals surface area contributed by atoms with Crippen molar-refractivity contribution < 1.29 is 4.74 Å². The van der Waals surface area contributed by atoms with E-state index in [-0.39, 0.29) is 11.6 Å². The molecule has 1 aromatic carbocycles. The lowest BCUT2D eigenvalue weighted by Gasteiger charge is -2.28. The van der Waals surface area contributed by atoms with Gasteiger partial charge in [0.1, 0.15) is 11.9 Å². The summed E-state index contributed by atoms with van der Waals surface area (Å²) in [6.07, 6.45) is 5.38. The zero-order valence-electron chi connectivity index (χ0n) is 16.1. The van der Waals surface area contributed by atoms with Crippen molar-refractivity contribution in [2.24, 2.45) is 5.92 Å². The summed E-state index contributed by atoms with van der Waals surface area (Å²) in [6.45, 7) is 2.65. The first-order valence-electron chi connectivity index (χ1n) is 9.52. The maximum atomic E-state index is 9.33. The number of anilines is 2. The summed E-state index contributed by atoms with van der Waals surface area (Å²) < 4.78 is 5.87. The molecule has 4 rings (SSSR count). The molecule has 1 aliphatic rings. The van der Waals surface area contributed by atoms with Crippen molar-refractivity contribution in [3.8, 4) is 11.9 Å². The monoisotopic (exact) mass is 408 g/mol. The van der Waals surface area contributed by atoms with Gasteiger partial charge in [-0.1, -0.05) is 23.7 Å². The molecule has 29 heavy (non-hydrogen) atoms. The molecule has 148 valence electrons. The summed E-state index contributed by atoms with van der Waals surface area (Å²) in [6, 6.07) is 9.63. The Labute approximate surface area is 174 Å². The van der Waals surface area contributed by atoms with Crippen molar-refractivity contribution in [2.45, 2.75) is 12.8 Å². The minimum Gasteiger partial charge on any atom is -0.475 e. The fourth-order valence-electron chi connectivity index (χ4n) is 3.37. The maximum Gasteiger partial charge on any atom is 0.253 e. The standard InChI is InChI=1S/C21H21ClN6O/c1-28-7-5-14(6-8-28)13-29-21-18(10-23)24-12-20(27-21)26-19-9-15-3-2-4-17(22)16(15)11-25-19/h2-4,9,11-12,14H,5-8,13H2,1H3,(H,25,26,27). The Morgan fingerprint density at radius 1 is 1.24 bits per heavy atom. The van der Waals surface area contributed by atoms with Crippen LogP contribution in [0.15, 0.2) is 36.7 Å². The van der Waals surface area contributed by atoms with Crippen LogP contribution in [0, 0.1) is 17.2 Å². The van der Waals surface area contributed by atoms with Gasteiger partial charge in [-0.25, -0.2) is 9.97 Å². The Hall–Kier alpha value is -2.95. The first-order valence-corrected chi connectivity index (χ1v) is 9.90.